The first-order valence-corrected chi connectivity index (χ1v) is 7.12. The highest BCUT2D eigenvalue weighted by molar-refractivity contribution is 5.35. The van der Waals surface area contributed by atoms with E-state index in [-0.39, 0.29) is 0 Å². The molecule has 1 atom stereocenters. The first-order valence-electron chi connectivity index (χ1n) is 7.12. The Bertz CT molecular complexity index is 571. The lowest BCUT2D eigenvalue weighted by Gasteiger charge is -2.14. The predicted molar refractivity (Wildman–Crippen MR) is 81.7 cm³/mol. The topological polar surface area (TPSA) is 51.6 Å². The van der Waals surface area contributed by atoms with Crippen LogP contribution < -0.4 is 9.47 Å². The van der Waals surface area contributed by atoms with Gasteiger partial charge in [-0.2, -0.15) is 0 Å². The molecule has 0 bridgehead atoms. The largest absolute Gasteiger partial charge is 0.496 e. The lowest BCUT2D eigenvalue weighted by Crippen LogP contribution is -2.05. The number of hydrogen-bond donors (Lipinski definition) is 1. The van der Waals surface area contributed by atoms with Gasteiger partial charge in [-0.1, -0.05) is 25.1 Å². The van der Waals surface area contributed by atoms with Crippen molar-refractivity contribution < 1.29 is 14.6 Å². The predicted octanol–water partition coefficient (Wildman–Crippen LogP) is 3.16. The monoisotopic (exact) mass is 287 g/mol. The third-order valence-corrected chi connectivity index (χ3v) is 3.20. The maximum atomic E-state index is 10.4. The maximum absolute atomic E-state index is 10.4. The standard InChI is InChI=1S/C17H21NO3/c1-3-8-21-15-9-14(11-18-12-15)16(19)10-13-6-4-5-7-17(13)20-2/h4-7,9,11-12,16,19H,3,8,10H2,1-2H3. The molecular formula is C17H21NO3. The molecule has 1 heterocycles. The quantitative estimate of drug-likeness (QED) is 0.850. The number of aromatic nitrogens is 1. The number of ether oxygens (including phenoxy) is 2. The minimum atomic E-state index is -0.640. The molecule has 1 unspecified atom stereocenters. The van der Waals surface area contributed by atoms with Crippen LogP contribution in [0, 0.1) is 0 Å². The molecule has 0 spiro atoms. The van der Waals surface area contributed by atoms with Crippen LogP contribution in [0.3, 0.4) is 0 Å². The molecule has 1 N–H and O–H groups in total. The van der Waals surface area contributed by atoms with E-state index < -0.39 is 6.10 Å². The van der Waals surface area contributed by atoms with Crippen LogP contribution in [0.25, 0.3) is 0 Å². The molecule has 0 amide bonds. The highest BCUT2D eigenvalue weighted by Crippen LogP contribution is 2.26. The van der Waals surface area contributed by atoms with E-state index in [0.717, 1.165) is 23.3 Å². The van der Waals surface area contributed by atoms with Crippen molar-refractivity contribution in [3.05, 3.63) is 53.9 Å². The number of methoxy groups -OCH3 is 1. The summed E-state index contributed by atoms with van der Waals surface area (Å²) in [6.07, 6.45) is 4.10. The Morgan fingerprint density at radius 3 is 2.81 bits per heavy atom. The summed E-state index contributed by atoms with van der Waals surface area (Å²) in [6, 6.07) is 9.52. The van der Waals surface area contributed by atoms with Crippen LogP contribution in [0.2, 0.25) is 0 Å². The van der Waals surface area contributed by atoms with Crippen molar-refractivity contribution in [3.8, 4) is 11.5 Å². The number of nitrogens with zero attached hydrogens (tertiary/aromatic N) is 1. The Kier molecular flexibility index (Phi) is 5.58. The number of aliphatic hydroxyl groups excluding tert-OH is 1. The van der Waals surface area contributed by atoms with Crippen molar-refractivity contribution in [2.75, 3.05) is 13.7 Å². The van der Waals surface area contributed by atoms with Crippen LogP contribution in [0.15, 0.2) is 42.7 Å². The van der Waals surface area contributed by atoms with Gasteiger partial charge in [0.1, 0.15) is 11.5 Å². The van der Waals surface area contributed by atoms with Gasteiger partial charge in [-0.25, -0.2) is 0 Å². The van der Waals surface area contributed by atoms with Crippen LogP contribution in [-0.4, -0.2) is 23.8 Å². The lowest BCUT2D eigenvalue weighted by molar-refractivity contribution is 0.176. The summed E-state index contributed by atoms with van der Waals surface area (Å²) in [5.74, 6) is 1.47. The van der Waals surface area contributed by atoms with Gasteiger partial charge in [0.25, 0.3) is 0 Å². The molecule has 21 heavy (non-hydrogen) atoms. The normalized spacial score (nSPS) is 12.0. The summed E-state index contributed by atoms with van der Waals surface area (Å²) < 4.78 is 10.9. The molecule has 1 aromatic carbocycles. The Morgan fingerprint density at radius 1 is 1.24 bits per heavy atom. The number of hydrogen-bond acceptors (Lipinski definition) is 4. The van der Waals surface area contributed by atoms with E-state index in [9.17, 15) is 5.11 Å². The SMILES string of the molecule is CCCOc1cncc(C(O)Cc2ccccc2OC)c1. The van der Waals surface area contributed by atoms with Gasteiger partial charge in [0, 0.05) is 18.2 Å². The van der Waals surface area contributed by atoms with Crippen molar-refractivity contribution in [3.63, 3.8) is 0 Å². The third kappa shape index (κ3) is 4.20. The van der Waals surface area contributed by atoms with Crippen molar-refractivity contribution in [2.45, 2.75) is 25.9 Å². The van der Waals surface area contributed by atoms with E-state index in [0.29, 0.717) is 18.8 Å². The van der Waals surface area contributed by atoms with E-state index in [1.54, 1.807) is 19.5 Å². The van der Waals surface area contributed by atoms with Crippen molar-refractivity contribution in [1.29, 1.82) is 0 Å². The van der Waals surface area contributed by atoms with Crippen LogP contribution in [0.4, 0.5) is 0 Å². The first-order chi connectivity index (χ1) is 10.2. The van der Waals surface area contributed by atoms with E-state index in [1.807, 2.05) is 37.3 Å². The van der Waals surface area contributed by atoms with E-state index in [1.165, 1.54) is 0 Å². The van der Waals surface area contributed by atoms with Crippen LogP contribution in [0.1, 0.15) is 30.6 Å². The minimum Gasteiger partial charge on any atom is -0.496 e. The van der Waals surface area contributed by atoms with Crippen molar-refractivity contribution in [2.24, 2.45) is 0 Å². The summed E-state index contributed by atoms with van der Waals surface area (Å²) in [5, 5.41) is 10.4. The fourth-order valence-electron chi connectivity index (χ4n) is 2.11. The molecule has 2 aromatic rings. The molecule has 1 aromatic heterocycles. The molecule has 0 radical (unpaired) electrons. The molecule has 0 fully saturated rings. The number of aliphatic hydroxyl groups is 1. The summed E-state index contributed by atoms with van der Waals surface area (Å²) in [5.41, 5.74) is 1.71. The zero-order valence-corrected chi connectivity index (χ0v) is 12.5. The molecule has 4 heteroatoms. The van der Waals surface area contributed by atoms with E-state index in [4.69, 9.17) is 9.47 Å². The van der Waals surface area contributed by atoms with Crippen LogP contribution >= 0.6 is 0 Å². The Morgan fingerprint density at radius 2 is 2.05 bits per heavy atom. The summed E-state index contributed by atoms with van der Waals surface area (Å²) in [4.78, 5) is 4.13. The molecule has 0 saturated carbocycles. The van der Waals surface area contributed by atoms with Gasteiger partial charge in [0.2, 0.25) is 0 Å². The molecular weight excluding hydrogens is 266 g/mol. The number of rotatable bonds is 7. The van der Waals surface area contributed by atoms with Gasteiger partial charge in [0.05, 0.1) is 26.0 Å². The lowest BCUT2D eigenvalue weighted by atomic mass is 10.0. The van der Waals surface area contributed by atoms with Crippen LogP contribution in [0.5, 0.6) is 11.5 Å². The maximum Gasteiger partial charge on any atom is 0.137 e. The molecule has 0 aliphatic heterocycles. The number of pyridine rings is 1. The third-order valence-electron chi connectivity index (χ3n) is 3.20. The Balaban J connectivity index is 2.10. The van der Waals surface area contributed by atoms with Gasteiger partial charge in [-0.3, -0.25) is 4.98 Å². The Labute approximate surface area is 125 Å². The average molecular weight is 287 g/mol. The fourth-order valence-corrected chi connectivity index (χ4v) is 2.11. The number of para-hydroxylation sites is 1. The van der Waals surface area contributed by atoms with E-state index in [2.05, 4.69) is 4.98 Å². The molecule has 0 aliphatic carbocycles. The van der Waals surface area contributed by atoms with Gasteiger partial charge in [-0.15, -0.1) is 0 Å². The fraction of sp³-hybridized carbons (Fsp3) is 0.353. The van der Waals surface area contributed by atoms with Gasteiger partial charge in [-0.05, 0) is 24.1 Å². The second kappa shape index (κ2) is 7.64. The van der Waals surface area contributed by atoms with Gasteiger partial charge < -0.3 is 14.6 Å². The summed E-state index contributed by atoms with van der Waals surface area (Å²) in [7, 11) is 1.63. The molecule has 0 aliphatic rings. The number of benzene rings is 1. The van der Waals surface area contributed by atoms with Gasteiger partial charge in [0.15, 0.2) is 0 Å². The summed E-state index contributed by atoms with van der Waals surface area (Å²) in [6.45, 7) is 2.70. The highest BCUT2D eigenvalue weighted by Gasteiger charge is 2.13. The minimum absolute atomic E-state index is 0.475. The highest BCUT2D eigenvalue weighted by atomic mass is 16.5. The molecule has 112 valence electrons. The van der Waals surface area contributed by atoms with E-state index >= 15 is 0 Å². The second-order valence-electron chi connectivity index (χ2n) is 4.83. The van der Waals surface area contributed by atoms with Crippen LogP contribution in [-0.2, 0) is 6.42 Å². The average Bonchev–Trinajstić information content (AvgIpc) is 2.53. The van der Waals surface area contributed by atoms with Gasteiger partial charge >= 0.3 is 0 Å². The molecule has 0 saturated heterocycles. The molecule has 4 nitrogen and oxygen atoms in total. The second-order valence-corrected chi connectivity index (χ2v) is 4.83. The molecule has 2 rings (SSSR count). The first kappa shape index (κ1) is 15.3. The smallest absolute Gasteiger partial charge is 0.137 e. The zero-order chi connectivity index (χ0) is 15.1. The summed E-state index contributed by atoms with van der Waals surface area (Å²) >= 11 is 0. The van der Waals surface area contributed by atoms with Crippen molar-refractivity contribution in [1.82, 2.24) is 4.98 Å². The zero-order valence-electron chi connectivity index (χ0n) is 12.5. The Hall–Kier alpha value is -2.07. The van der Waals surface area contributed by atoms with Crippen molar-refractivity contribution >= 4 is 0 Å².